The Hall–Kier alpha value is -0.810. The predicted octanol–water partition coefficient (Wildman–Crippen LogP) is 12.6. The van der Waals surface area contributed by atoms with Crippen LogP contribution in [0, 0.1) is 0 Å². The van der Waals surface area contributed by atoms with Gasteiger partial charge in [0.2, 0.25) is 0 Å². The second-order valence-electron chi connectivity index (χ2n) is 14.5. The smallest absolute Gasteiger partial charge is 0.407 e. The van der Waals surface area contributed by atoms with Gasteiger partial charge < -0.3 is 19.9 Å². The van der Waals surface area contributed by atoms with E-state index in [9.17, 15) is 9.90 Å². The first-order chi connectivity index (χ1) is 21.9. The Balaban J connectivity index is 4.06. The van der Waals surface area contributed by atoms with Crippen LogP contribution in [-0.2, 0) is 9.47 Å². The molecule has 1 atom stereocenters. The van der Waals surface area contributed by atoms with Crippen LogP contribution in [0.1, 0.15) is 220 Å². The van der Waals surface area contributed by atoms with Crippen LogP contribution >= 0.6 is 0 Å². The molecule has 2 N–H and O–H groups in total. The van der Waals surface area contributed by atoms with Crippen molar-refractivity contribution in [3.63, 3.8) is 0 Å². The fourth-order valence-electron chi connectivity index (χ4n) is 6.07. The van der Waals surface area contributed by atoms with E-state index in [1.807, 2.05) is 13.8 Å². The minimum atomic E-state index is -0.535. The molecule has 0 aromatic rings. The molecule has 0 bridgehead atoms. The van der Waals surface area contributed by atoms with Crippen molar-refractivity contribution in [1.29, 1.82) is 0 Å². The van der Waals surface area contributed by atoms with Gasteiger partial charge in [0.15, 0.2) is 0 Å². The number of nitrogens with one attached hydrogen (secondary N) is 1. The van der Waals surface area contributed by atoms with E-state index in [0.29, 0.717) is 19.6 Å². The number of carbonyl (C=O) groups excluding carboxylic acids is 1. The van der Waals surface area contributed by atoms with Gasteiger partial charge in [0.1, 0.15) is 6.10 Å². The highest BCUT2D eigenvalue weighted by Crippen LogP contribution is 2.19. The van der Waals surface area contributed by atoms with E-state index in [1.54, 1.807) is 0 Å². The summed E-state index contributed by atoms with van der Waals surface area (Å²) in [6.07, 6.45) is 39.1. The fourth-order valence-corrected chi connectivity index (χ4v) is 6.07. The second kappa shape index (κ2) is 34.5. The molecule has 0 saturated heterocycles. The third-order valence-electron chi connectivity index (χ3n) is 9.25. The molecule has 1 amide bonds. The molecular formula is C40H81NO4. The first-order valence-electron chi connectivity index (χ1n) is 20.1. The number of aliphatic hydroxyl groups is 1. The summed E-state index contributed by atoms with van der Waals surface area (Å²) in [7, 11) is 0. The van der Waals surface area contributed by atoms with E-state index in [1.165, 1.54) is 161 Å². The molecule has 0 aliphatic rings. The van der Waals surface area contributed by atoms with Crippen molar-refractivity contribution in [2.24, 2.45) is 0 Å². The zero-order valence-corrected chi connectivity index (χ0v) is 31.1. The van der Waals surface area contributed by atoms with Crippen molar-refractivity contribution in [2.75, 3.05) is 19.8 Å². The lowest BCUT2D eigenvalue weighted by atomic mass is 10.0. The van der Waals surface area contributed by atoms with Crippen LogP contribution in [0.3, 0.4) is 0 Å². The van der Waals surface area contributed by atoms with E-state index in [4.69, 9.17) is 9.47 Å². The lowest BCUT2D eigenvalue weighted by Gasteiger charge is -2.22. The van der Waals surface area contributed by atoms with Gasteiger partial charge in [-0.2, -0.15) is 0 Å². The standard InChI is InChI=1S/C40H81NO4/c1-5-7-9-11-13-15-17-18-19-20-21-23-25-27-29-31-34-38(33-30-28-26-24-22-16-14-12-10-8-6-2)45-39(43)41-35-32-36-44-40(3,4)37-42/h38,42H,5-37H2,1-4H3,(H,41,43). The molecule has 1 unspecified atom stereocenters. The topological polar surface area (TPSA) is 67.8 Å². The third-order valence-corrected chi connectivity index (χ3v) is 9.25. The van der Waals surface area contributed by atoms with Gasteiger partial charge in [0.25, 0.3) is 0 Å². The van der Waals surface area contributed by atoms with E-state index >= 15 is 0 Å². The maximum absolute atomic E-state index is 12.5. The summed E-state index contributed by atoms with van der Waals surface area (Å²) in [4.78, 5) is 12.5. The molecular weight excluding hydrogens is 558 g/mol. The first-order valence-corrected chi connectivity index (χ1v) is 20.1. The van der Waals surface area contributed by atoms with Crippen molar-refractivity contribution in [3.05, 3.63) is 0 Å². The molecule has 5 heteroatoms. The van der Waals surface area contributed by atoms with Crippen LogP contribution in [0.15, 0.2) is 0 Å². The third kappa shape index (κ3) is 34.3. The SMILES string of the molecule is CCCCCCCCCCCCCCCCCCC(CCCCCCCCCCCCC)OC(=O)NCCCOC(C)(C)CO. The highest BCUT2D eigenvalue weighted by atomic mass is 16.6. The molecule has 5 nitrogen and oxygen atoms in total. The largest absolute Gasteiger partial charge is 0.446 e. The Labute approximate surface area is 282 Å². The molecule has 0 radical (unpaired) electrons. The van der Waals surface area contributed by atoms with Crippen LogP contribution in [-0.4, -0.2) is 42.7 Å². The van der Waals surface area contributed by atoms with Crippen molar-refractivity contribution < 1.29 is 19.4 Å². The summed E-state index contributed by atoms with van der Waals surface area (Å²) in [6, 6.07) is 0. The zero-order chi connectivity index (χ0) is 33.1. The van der Waals surface area contributed by atoms with Gasteiger partial charge in [0.05, 0.1) is 12.2 Å². The minimum Gasteiger partial charge on any atom is -0.446 e. The van der Waals surface area contributed by atoms with Crippen LogP contribution < -0.4 is 5.32 Å². The highest BCUT2D eigenvalue weighted by Gasteiger charge is 2.17. The Kier molecular flexibility index (Phi) is 33.9. The molecule has 0 saturated carbocycles. The summed E-state index contributed by atoms with van der Waals surface area (Å²) in [5.41, 5.74) is -0.535. The molecule has 0 rings (SSSR count). The number of rotatable bonds is 36. The Morgan fingerprint density at radius 3 is 1.22 bits per heavy atom. The Bertz CT molecular complexity index is 597. The number of alkyl carbamates (subject to hydrolysis) is 1. The molecule has 0 aliphatic carbocycles. The summed E-state index contributed by atoms with van der Waals surface area (Å²) in [5, 5.41) is 12.2. The first kappa shape index (κ1) is 44.2. The predicted molar refractivity (Wildman–Crippen MR) is 195 cm³/mol. The maximum atomic E-state index is 12.5. The Morgan fingerprint density at radius 1 is 0.556 bits per heavy atom. The van der Waals surface area contributed by atoms with Gasteiger partial charge in [0, 0.05) is 13.2 Å². The van der Waals surface area contributed by atoms with Crippen LogP contribution in [0.2, 0.25) is 0 Å². The number of aliphatic hydroxyl groups excluding tert-OH is 1. The summed E-state index contributed by atoms with van der Waals surface area (Å²) < 4.78 is 11.6. The maximum Gasteiger partial charge on any atom is 0.407 e. The lowest BCUT2D eigenvalue weighted by molar-refractivity contribution is -0.0539. The van der Waals surface area contributed by atoms with Crippen molar-refractivity contribution in [3.8, 4) is 0 Å². The van der Waals surface area contributed by atoms with Crippen molar-refractivity contribution >= 4 is 6.09 Å². The molecule has 0 aromatic heterocycles. The number of ether oxygens (including phenoxy) is 2. The van der Waals surface area contributed by atoms with Gasteiger partial charge >= 0.3 is 6.09 Å². The normalized spacial score (nSPS) is 12.5. The molecule has 0 aromatic carbocycles. The Morgan fingerprint density at radius 2 is 0.889 bits per heavy atom. The molecule has 45 heavy (non-hydrogen) atoms. The monoisotopic (exact) mass is 640 g/mol. The molecule has 0 fully saturated rings. The van der Waals surface area contributed by atoms with Gasteiger partial charge in [-0.15, -0.1) is 0 Å². The number of amides is 1. The van der Waals surface area contributed by atoms with E-state index in [-0.39, 0.29) is 18.8 Å². The van der Waals surface area contributed by atoms with Crippen LogP contribution in [0.5, 0.6) is 0 Å². The van der Waals surface area contributed by atoms with Gasteiger partial charge in [-0.25, -0.2) is 4.79 Å². The average molecular weight is 640 g/mol. The van der Waals surface area contributed by atoms with Gasteiger partial charge in [-0.1, -0.05) is 174 Å². The van der Waals surface area contributed by atoms with Crippen molar-refractivity contribution in [1.82, 2.24) is 5.32 Å². The number of hydrogen-bond donors (Lipinski definition) is 2. The molecule has 0 aliphatic heterocycles. The quantitative estimate of drug-likeness (QED) is 0.0669. The van der Waals surface area contributed by atoms with Crippen molar-refractivity contribution in [2.45, 2.75) is 232 Å². The minimum absolute atomic E-state index is 0.0114. The molecule has 270 valence electrons. The summed E-state index contributed by atoms with van der Waals surface area (Å²) in [6.45, 7) is 9.33. The fraction of sp³-hybridized carbons (Fsp3) is 0.975. The van der Waals surface area contributed by atoms with E-state index < -0.39 is 5.60 Å². The van der Waals surface area contributed by atoms with E-state index in [2.05, 4.69) is 19.2 Å². The lowest BCUT2D eigenvalue weighted by Crippen LogP contribution is -2.32. The summed E-state index contributed by atoms with van der Waals surface area (Å²) >= 11 is 0. The molecule has 0 spiro atoms. The molecule has 0 heterocycles. The van der Waals surface area contributed by atoms with Crippen LogP contribution in [0.25, 0.3) is 0 Å². The second-order valence-corrected chi connectivity index (χ2v) is 14.5. The zero-order valence-electron chi connectivity index (χ0n) is 31.1. The van der Waals surface area contributed by atoms with Gasteiger partial charge in [-0.05, 0) is 46.0 Å². The number of carbonyl (C=O) groups is 1. The number of unbranched alkanes of at least 4 members (excludes halogenated alkanes) is 25. The average Bonchev–Trinajstić information content (AvgIpc) is 3.03. The van der Waals surface area contributed by atoms with E-state index in [0.717, 1.165) is 25.7 Å². The summed E-state index contributed by atoms with van der Waals surface area (Å²) in [5.74, 6) is 0. The van der Waals surface area contributed by atoms with Gasteiger partial charge in [-0.3, -0.25) is 0 Å². The van der Waals surface area contributed by atoms with Crippen LogP contribution in [0.4, 0.5) is 4.79 Å². The number of hydrogen-bond acceptors (Lipinski definition) is 4. The highest BCUT2D eigenvalue weighted by molar-refractivity contribution is 5.67.